The Morgan fingerprint density at radius 2 is 1.81 bits per heavy atom. The maximum atomic E-state index is 14.0. The van der Waals surface area contributed by atoms with Crippen molar-refractivity contribution in [3.8, 4) is 5.69 Å². The van der Waals surface area contributed by atoms with Crippen LogP contribution in [0.1, 0.15) is 12.8 Å². The Balaban J connectivity index is 1.37. The average molecular weight is 438 g/mol. The van der Waals surface area contributed by atoms with E-state index < -0.39 is 11.4 Å². The molecule has 1 N–H and O–H groups in total. The molecule has 0 spiro atoms. The number of hydrogen-bond donors (Lipinski definition) is 1. The number of hydrogen-bond acceptors (Lipinski definition) is 6. The zero-order chi connectivity index (χ0) is 22.3. The quantitative estimate of drug-likeness (QED) is 0.526. The molecule has 8 nitrogen and oxygen atoms in total. The minimum Gasteiger partial charge on any atom is -0.388 e. The van der Waals surface area contributed by atoms with Crippen LogP contribution in [0.4, 0.5) is 14.6 Å². The SMILES string of the molecule is O=c1c2cnn(-c3ccc(F)cc3)c2ncn1CC1(O)CCN(c2ncccc2F)CC1. The van der Waals surface area contributed by atoms with Crippen molar-refractivity contribution >= 4 is 16.9 Å². The fourth-order valence-electron chi connectivity index (χ4n) is 4.05. The lowest BCUT2D eigenvalue weighted by Crippen LogP contribution is -2.48. The van der Waals surface area contributed by atoms with E-state index in [1.807, 2.05) is 0 Å². The first kappa shape index (κ1) is 20.3. The largest absolute Gasteiger partial charge is 0.388 e. The molecule has 1 saturated heterocycles. The third-order valence-corrected chi connectivity index (χ3v) is 5.82. The van der Waals surface area contributed by atoms with E-state index in [1.165, 1.54) is 52.2 Å². The van der Waals surface area contributed by atoms with E-state index >= 15 is 0 Å². The van der Waals surface area contributed by atoms with Gasteiger partial charge < -0.3 is 10.0 Å². The van der Waals surface area contributed by atoms with Crippen LogP contribution in [0.25, 0.3) is 16.7 Å². The molecule has 4 aromatic rings. The van der Waals surface area contributed by atoms with Crippen molar-refractivity contribution in [2.45, 2.75) is 25.0 Å². The van der Waals surface area contributed by atoms with Gasteiger partial charge >= 0.3 is 0 Å². The molecule has 1 aliphatic heterocycles. The topological polar surface area (TPSA) is 89.1 Å². The normalized spacial score (nSPS) is 15.9. The first-order valence-electron chi connectivity index (χ1n) is 10.2. The number of piperidine rings is 1. The first-order valence-corrected chi connectivity index (χ1v) is 10.2. The molecule has 0 unspecified atom stereocenters. The van der Waals surface area contributed by atoms with Gasteiger partial charge in [-0.15, -0.1) is 0 Å². The molecular weight excluding hydrogens is 418 g/mol. The highest BCUT2D eigenvalue weighted by atomic mass is 19.1. The molecule has 0 saturated carbocycles. The van der Waals surface area contributed by atoms with Crippen LogP contribution in [0, 0.1) is 11.6 Å². The molecule has 164 valence electrons. The maximum absolute atomic E-state index is 14.0. The molecule has 1 aliphatic rings. The summed E-state index contributed by atoms with van der Waals surface area (Å²) in [5, 5.41) is 15.6. The second kappa shape index (κ2) is 7.79. The van der Waals surface area contributed by atoms with Crippen LogP contribution in [0.3, 0.4) is 0 Å². The molecule has 0 atom stereocenters. The third kappa shape index (κ3) is 3.62. The van der Waals surface area contributed by atoms with E-state index in [9.17, 15) is 18.7 Å². The van der Waals surface area contributed by atoms with Gasteiger partial charge in [0.05, 0.1) is 24.0 Å². The van der Waals surface area contributed by atoms with Gasteiger partial charge in [0.15, 0.2) is 17.3 Å². The third-order valence-electron chi connectivity index (χ3n) is 5.82. The molecule has 5 rings (SSSR count). The molecule has 4 heterocycles. The Bertz CT molecular complexity index is 1330. The monoisotopic (exact) mass is 438 g/mol. The molecule has 1 aromatic carbocycles. The highest BCUT2D eigenvalue weighted by molar-refractivity contribution is 5.74. The van der Waals surface area contributed by atoms with E-state index in [1.54, 1.807) is 17.0 Å². The molecule has 1 fully saturated rings. The summed E-state index contributed by atoms with van der Waals surface area (Å²) in [5.41, 5.74) is -0.521. The van der Waals surface area contributed by atoms with Crippen LogP contribution in [0.2, 0.25) is 0 Å². The fourth-order valence-corrected chi connectivity index (χ4v) is 4.05. The summed E-state index contributed by atoms with van der Waals surface area (Å²) in [7, 11) is 0. The van der Waals surface area contributed by atoms with Crippen molar-refractivity contribution in [3.63, 3.8) is 0 Å². The van der Waals surface area contributed by atoms with Crippen LogP contribution < -0.4 is 10.5 Å². The molecular formula is C22H20F2N6O2. The summed E-state index contributed by atoms with van der Waals surface area (Å²) in [6, 6.07) is 8.61. The molecule has 32 heavy (non-hydrogen) atoms. The number of pyridine rings is 1. The second-order valence-corrected chi connectivity index (χ2v) is 7.97. The molecule has 0 amide bonds. The van der Waals surface area contributed by atoms with Crippen LogP contribution in [0.5, 0.6) is 0 Å². The van der Waals surface area contributed by atoms with Crippen molar-refractivity contribution in [1.82, 2.24) is 24.3 Å². The summed E-state index contributed by atoms with van der Waals surface area (Å²) in [5.74, 6) is -0.504. The highest BCUT2D eigenvalue weighted by Crippen LogP contribution is 2.28. The van der Waals surface area contributed by atoms with Crippen LogP contribution in [-0.4, -0.2) is 48.1 Å². The second-order valence-electron chi connectivity index (χ2n) is 7.97. The molecule has 0 radical (unpaired) electrons. The molecule has 0 bridgehead atoms. The minimum absolute atomic E-state index is 0.0645. The zero-order valence-electron chi connectivity index (χ0n) is 17.0. The molecule has 10 heteroatoms. The summed E-state index contributed by atoms with van der Waals surface area (Å²) >= 11 is 0. The predicted octanol–water partition coefficient (Wildman–Crippen LogP) is 2.29. The number of halogens is 2. The smallest absolute Gasteiger partial charge is 0.264 e. The van der Waals surface area contributed by atoms with E-state index in [2.05, 4.69) is 15.1 Å². The molecule has 3 aromatic heterocycles. The van der Waals surface area contributed by atoms with Gasteiger partial charge in [0.2, 0.25) is 0 Å². The van der Waals surface area contributed by atoms with E-state index in [0.29, 0.717) is 42.7 Å². The van der Waals surface area contributed by atoms with E-state index in [-0.39, 0.29) is 23.7 Å². The summed E-state index contributed by atoms with van der Waals surface area (Å²) in [6.45, 7) is 0.893. The van der Waals surface area contributed by atoms with Gasteiger partial charge in [-0.05, 0) is 49.2 Å². The van der Waals surface area contributed by atoms with Gasteiger partial charge in [0, 0.05) is 19.3 Å². The number of aliphatic hydroxyl groups is 1. The van der Waals surface area contributed by atoms with Crippen molar-refractivity contribution in [2.24, 2.45) is 0 Å². The zero-order valence-corrected chi connectivity index (χ0v) is 17.0. The van der Waals surface area contributed by atoms with E-state index in [4.69, 9.17) is 0 Å². The minimum atomic E-state index is -1.13. The van der Waals surface area contributed by atoms with E-state index in [0.717, 1.165) is 0 Å². The number of benzene rings is 1. The van der Waals surface area contributed by atoms with Crippen molar-refractivity contribution < 1.29 is 13.9 Å². The summed E-state index contributed by atoms with van der Waals surface area (Å²) in [6.07, 6.45) is 5.03. The highest BCUT2D eigenvalue weighted by Gasteiger charge is 2.34. The fraction of sp³-hybridized carbons (Fsp3) is 0.273. The average Bonchev–Trinajstić information content (AvgIpc) is 3.22. The van der Waals surface area contributed by atoms with Gasteiger partial charge in [-0.25, -0.2) is 23.4 Å². The van der Waals surface area contributed by atoms with Gasteiger partial charge in [-0.1, -0.05) is 0 Å². The Morgan fingerprint density at radius 3 is 2.53 bits per heavy atom. The Hall–Kier alpha value is -3.66. The number of rotatable bonds is 4. The summed E-state index contributed by atoms with van der Waals surface area (Å²) in [4.78, 5) is 23.2. The summed E-state index contributed by atoms with van der Waals surface area (Å²) < 4.78 is 30.1. The Labute approximate surface area is 181 Å². The van der Waals surface area contributed by atoms with Crippen LogP contribution in [-0.2, 0) is 6.54 Å². The van der Waals surface area contributed by atoms with Crippen molar-refractivity contribution in [1.29, 1.82) is 0 Å². The number of nitrogens with zero attached hydrogens (tertiary/aromatic N) is 6. The lowest BCUT2D eigenvalue weighted by atomic mass is 9.91. The number of anilines is 1. The van der Waals surface area contributed by atoms with Gasteiger partial charge in [-0.2, -0.15) is 5.10 Å². The van der Waals surface area contributed by atoms with Crippen LogP contribution >= 0.6 is 0 Å². The Kier molecular flexibility index (Phi) is 4.93. The van der Waals surface area contributed by atoms with Crippen molar-refractivity contribution in [3.05, 3.63) is 77.1 Å². The lowest BCUT2D eigenvalue weighted by Gasteiger charge is -2.38. The lowest BCUT2D eigenvalue weighted by molar-refractivity contribution is -0.00122. The van der Waals surface area contributed by atoms with Crippen molar-refractivity contribution in [2.75, 3.05) is 18.0 Å². The standard InChI is InChI=1S/C22H20F2N6O2/c23-15-3-5-16(6-4-15)30-19-17(12-27-30)21(31)29(14-26-19)13-22(32)7-10-28(11-8-22)20-18(24)2-1-9-25-20/h1-6,9,12,14,32H,7-8,10-11,13H2. The van der Waals surface area contributed by atoms with Gasteiger partial charge in [0.25, 0.3) is 5.56 Å². The number of aromatic nitrogens is 5. The Morgan fingerprint density at radius 1 is 1.06 bits per heavy atom. The van der Waals surface area contributed by atoms with Gasteiger partial charge in [0.1, 0.15) is 17.5 Å². The number of fused-ring (bicyclic) bond motifs is 1. The van der Waals surface area contributed by atoms with Crippen LogP contribution in [0.15, 0.2) is 59.9 Å². The van der Waals surface area contributed by atoms with Gasteiger partial charge in [-0.3, -0.25) is 9.36 Å². The molecule has 0 aliphatic carbocycles. The predicted molar refractivity (Wildman–Crippen MR) is 114 cm³/mol. The maximum Gasteiger partial charge on any atom is 0.264 e. The first-order chi connectivity index (χ1) is 15.4.